The van der Waals surface area contributed by atoms with Crippen molar-refractivity contribution in [2.45, 2.75) is 6.92 Å². The van der Waals surface area contributed by atoms with Gasteiger partial charge in [-0.05, 0) is 31.2 Å². The molecule has 2 aromatic carbocycles. The minimum atomic E-state index is -0.993. The number of carbonyl (C=O) groups is 1. The Morgan fingerprint density at radius 2 is 2.04 bits per heavy atom. The molecule has 6 nitrogen and oxygen atoms in total. The second kappa shape index (κ2) is 7.10. The van der Waals surface area contributed by atoms with Gasteiger partial charge in [-0.2, -0.15) is 0 Å². The molecular weight excluding hydrogens is 326 g/mol. The molecular formula is C17H15N3O3S. The van der Waals surface area contributed by atoms with Crippen LogP contribution in [0.25, 0.3) is 10.6 Å². The van der Waals surface area contributed by atoms with Crippen LogP contribution in [0.15, 0.2) is 48.5 Å². The van der Waals surface area contributed by atoms with Crippen molar-refractivity contribution in [1.29, 1.82) is 0 Å². The smallest absolute Gasteiger partial charge is 0.337 e. The van der Waals surface area contributed by atoms with Gasteiger partial charge in [0, 0.05) is 5.56 Å². The molecule has 3 rings (SSSR count). The van der Waals surface area contributed by atoms with Crippen LogP contribution in [-0.4, -0.2) is 27.9 Å². The lowest BCUT2D eigenvalue weighted by Gasteiger charge is -2.05. The van der Waals surface area contributed by atoms with Crippen LogP contribution in [0.1, 0.15) is 17.3 Å². The van der Waals surface area contributed by atoms with Crippen LogP contribution >= 0.6 is 11.3 Å². The minimum absolute atomic E-state index is 0.188. The average Bonchev–Trinajstić information content (AvgIpc) is 3.04. The van der Waals surface area contributed by atoms with Crippen molar-refractivity contribution in [3.05, 3.63) is 54.1 Å². The maximum absolute atomic E-state index is 11.3. The van der Waals surface area contributed by atoms with E-state index in [2.05, 4.69) is 15.5 Å². The van der Waals surface area contributed by atoms with Gasteiger partial charge in [-0.3, -0.25) is 0 Å². The number of hydrogen-bond acceptors (Lipinski definition) is 6. The van der Waals surface area contributed by atoms with Crippen molar-refractivity contribution >= 4 is 28.1 Å². The number of nitrogens with zero attached hydrogens (tertiary/aromatic N) is 2. The van der Waals surface area contributed by atoms with E-state index in [1.807, 2.05) is 31.2 Å². The third-order valence-corrected chi connectivity index (χ3v) is 4.10. The number of benzene rings is 2. The van der Waals surface area contributed by atoms with E-state index in [1.54, 1.807) is 18.2 Å². The molecule has 0 aliphatic rings. The Labute approximate surface area is 142 Å². The Morgan fingerprint density at radius 3 is 2.83 bits per heavy atom. The highest BCUT2D eigenvalue weighted by Gasteiger charge is 2.12. The van der Waals surface area contributed by atoms with E-state index in [9.17, 15) is 9.90 Å². The van der Waals surface area contributed by atoms with Crippen LogP contribution < -0.4 is 10.1 Å². The highest BCUT2D eigenvalue weighted by Crippen LogP contribution is 2.31. The molecule has 0 spiro atoms. The molecule has 0 fully saturated rings. The zero-order valence-electron chi connectivity index (χ0n) is 12.9. The number of aromatic carboxylic acids is 1. The van der Waals surface area contributed by atoms with Crippen LogP contribution in [0.5, 0.6) is 5.75 Å². The second-order valence-corrected chi connectivity index (χ2v) is 5.83. The predicted octanol–water partition coefficient (Wildman–Crippen LogP) is 4.05. The van der Waals surface area contributed by atoms with Gasteiger partial charge in [-0.15, -0.1) is 10.2 Å². The maximum Gasteiger partial charge on any atom is 0.337 e. The summed E-state index contributed by atoms with van der Waals surface area (Å²) in [7, 11) is 0. The van der Waals surface area contributed by atoms with Crippen molar-refractivity contribution in [1.82, 2.24) is 10.2 Å². The Kier molecular flexibility index (Phi) is 4.72. The van der Waals surface area contributed by atoms with E-state index in [0.717, 1.165) is 16.3 Å². The molecule has 0 aliphatic heterocycles. The fourth-order valence-corrected chi connectivity index (χ4v) is 2.92. The zero-order valence-corrected chi connectivity index (χ0v) is 13.7. The SMILES string of the molecule is CCOc1cccc(-c2nnc(Nc3ccccc3C(=O)O)s2)c1. The summed E-state index contributed by atoms with van der Waals surface area (Å²) >= 11 is 1.35. The normalized spacial score (nSPS) is 10.4. The number of anilines is 2. The molecule has 0 saturated carbocycles. The molecule has 0 amide bonds. The van der Waals surface area contributed by atoms with Crippen molar-refractivity contribution < 1.29 is 14.6 Å². The number of aromatic nitrogens is 2. The number of carboxylic acids is 1. The van der Waals surface area contributed by atoms with Gasteiger partial charge in [0.25, 0.3) is 0 Å². The monoisotopic (exact) mass is 341 g/mol. The summed E-state index contributed by atoms with van der Waals surface area (Å²) in [6.07, 6.45) is 0. The molecule has 2 N–H and O–H groups in total. The first kappa shape index (κ1) is 15.9. The molecule has 0 atom stereocenters. The average molecular weight is 341 g/mol. The van der Waals surface area contributed by atoms with Gasteiger partial charge in [0.15, 0.2) is 0 Å². The van der Waals surface area contributed by atoms with E-state index in [0.29, 0.717) is 17.4 Å². The Morgan fingerprint density at radius 1 is 1.21 bits per heavy atom. The number of carboxylic acid groups (broad SMARTS) is 1. The molecule has 1 heterocycles. The zero-order chi connectivity index (χ0) is 16.9. The third kappa shape index (κ3) is 3.52. The first-order chi connectivity index (χ1) is 11.7. The summed E-state index contributed by atoms with van der Waals surface area (Å²) in [5, 5.41) is 21.7. The minimum Gasteiger partial charge on any atom is -0.494 e. The van der Waals surface area contributed by atoms with Gasteiger partial charge in [0.2, 0.25) is 5.13 Å². The van der Waals surface area contributed by atoms with Gasteiger partial charge in [0.05, 0.1) is 17.9 Å². The summed E-state index contributed by atoms with van der Waals surface area (Å²) in [5.41, 5.74) is 1.57. The Hall–Kier alpha value is -2.93. The number of hydrogen-bond donors (Lipinski definition) is 2. The molecule has 0 bridgehead atoms. The number of rotatable bonds is 6. The maximum atomic E-state index is 11.3. The fourth-order valence-electron chi connectivity index (χ4n) is 2.17. The molecule has 1 aromatic heterocycles. The van der Waals surface area contributed by atoms with E-state index < -0.39 is 5.97 Å². The largest absolute Gasteiger partial charge is 0.494 e. The molecule has 24 heavy (non-hydrogen) atoms. The molecule has 0 saturated heterocycles. The topological polar surface area (TPSA) is 84.3 Å². The van der Waals surface area contributed by atoms with Gasteiger partial charge in [0.1, 0.15) is 10.8 Å². The van der Waals surface area contributed by atoms with Crippen LogP contribution in [0, 0.1) is 0 Å². The van der Waals surface area contributed by atoms with Crippen molar-refractivity contribution in [2.24, 2.45) is 0 Å². The van der Waals surface area contributed by atoms with Crippen LogP contribution in [0.4, 0.5) is 10.8 Å². The van der Waals surface area contributed by atoms with Gasteiger partial charge < -0.3 is 15.2 Å². The fraction of sp³-hybridized carbons (Fsp3) is 0.118. The predicted molar refractivity (Wildman–Crippen MR) is 93.2 cm³/mol. The van der Waals surface area contributed by atoms with Gasteiger partial charge >= 0.3 is 5.97 Å². The summed E-state index contributed by atoms with van der Waals surface area (Å²) in [6, 6.07) is 14.3. The first-order valence-corrected chi connectivity index (χ1v) is 8.15. The van der Waals surface area contributed by atoms with Crippen molar-refractivity contribution in [3.8, 4) is 16.3 Å². The quantitative estimate of drug-likeness (QED) is 0.704. The van der Waals surface area contributed by atoms with E-state index >= 15 is 0 Å². The van der Waals surface area contributed by atoms with Crippen molar-refractivity contribution in [2.75, 3.05) is 11.9 Å². The lowest BCUT2D eigenvalue weighted by molar-refractivity contribution is 0.0698. The van der Waals surface area contributed by atoms with Crippen molar-refractivity contribution in [3.63, 3.8) is 0 Å². The molecule has 3 aromatic rings. The third-order valence-electron chi connectivity index (χ3n) is 3.22. The Bertz CT molecular complexity index is 864. The van der Waals surface area contributed by atoms with Crippen LogP contribution in [0.3, 0.4) is 0 Å². The second-order valence-electron chi connectivity index (χ2n) is 4.85. The molecule has 7 heteroatoms. The lowest BCUT2D eigenvalue weighted by Crippen LogP contribution is -2.02. The van der Waals surface area contributed by atoms with Crippen LogP contribution in [0.2, 0.25) is 0 Å². The number of ether oxygens (including phenoxy) is 1. The van der Waals surface area contributed by atoms with Gasteiger partial charge in [-0.25, -0.2) is 4.79 Å². The molecule has 0 unspecified atom stereocenters. The number of para-hydroxylation sites is 1. The summed E-state index contributed by atoms with van der Waals surface area (Å²) in [4.78, 5) is 11.3. The lowest BCUT2D eigenvalue weighted by atomic mass is 10.2. The van der Waals surface area contributed by atoms with E-state index in [-0.39, 0.29) is 5.56 Å². The molecule has 0 radical (unpaired) electrons. The standard InChI is InChI=1S/C17H15N3O3S/c1-2-23-12-7-5-6-11(10-12)15-19-20-17(24-15)18-14-9-4-3-8-13(14)16(21)22/h3-10H,2H2,1H3,(H,18,20)(H,21,22). The van der Waals surface area contributed by atoms with Crippen LogP contribution in [-0.2, 0) is 0 Å². The highest BCUT2D eigenvalue weighted by atomic mass is 32.1. The summed E-state index contributed by atoms with van der Waals surface area (Å²) < 4.78 is 5.49. The summed E-state index contributed by atoms with van der Waals surface area (Å²) in [5.74, 6) is -0.219. The van der Waals surface area contributed by atoms with E-state index in [1.165, 1.54) is 17.4 Å². The highest BCUT2D eigenvalue weighted by molar-refractivity contribution is 7.18. The number of nitrogens with one attached hydrogen (secondary N) is 1. The van der Waals surface area contributed by atoms with E-state index in [4.69, 9.17) is 4.74 Å². The first-order valence-electron chi connectivity index (χ1n) is 7.33. The Balaban J connectivity index is 1.84. The molecule has 0 aliphatic carbocycles. The summed E-state index contributed by atoms with van der Waals surface area (Å²) in [6.45, 7) is 2.53. The van der Waals surface area contributed by atoms with Gasteiger partial charge in [-0.1, -0.05) is 35.6 Å². The molecule has 122 valence electrons.